The van der Waals surface area contributed by atoms with Crippen molar-refractivity contribution in [2.45, 2.75) is 31.9 Å². The summed E-state index contributed by atoms with van der Waals surface area (Å²) in [6.07, 6.45) is 0. The summed E-state index contributed by atoms with van der Waals surface area (Å²) < 4.78 is 133. The number of rotatable bonds is 22. The maximum absolute atomic E-state index is 12.2. The fraction of sp³-hybridized carbons (Fsp3) is 1.00. The van der Waals surface area contributed by atoms with Crippen molar-refractivity contribution in [3.05, 3.63) is 0 Å². The highest BCUT2D eigenvalue weighted by molar-refractivity contribution is 6.96. The van der Waals surface area contributed by atoms with E-state index in [1.54, 1.807) is 0 Å². The lowest BCUT2D eigenvalue weighted by molar-refractivity contribution is -0.101. The number of hydrogen-bond donors (Lipinski definition) is 2. The molecule has 0 saturated carbocycles. The average Bonchev–Trinajstić information content (AvgIpc) is 3.07. The quantitative estimate of drug-likeness (QED) is 0.0849. The van der Waals surface area contributed by atoms with E-state index in [1.807, 2.05) is 19.6 Å². The molecule has 3 rings (SSSR count). The molecular weight excluding hydrogens is 901 g/mol. The van der Waals surface area contributed by atoms with Gasteiger partial charge >= 0.3 is 90.7 Å². The molecule has 2 radical (unpaired) electrons. The van der Waals surface area contributed by atoms with Gasteiger partial charge in [-0.3, -0.25) is 0 Å². The molecule has 0 aromatic rings. The van der Waals surface area contributed by atoms with Crippen molar-refractivity contribution in [2.24, 2.45) is 0 Å². The minimum absolute atomic E-state index is 0.502. The van der Waals surface area contributed by atoms with E-state index in [4.69, 9.17) is 98.4 Å². The lowest BCUT2D eigenvalue weighted by Crippen LogP contribution is -2.83. The molecule has 52 heavy (non-hydrogen) atoms. The Hall–Kier alpha value is 1.39. The topological polar surface area (TPSA) is 253 Å². The summed E-state index contributed by atoms with van der Waals surface area (Å²) in [5, 5.41) is 0. The Labute approximate surface area is 315 Å². The van der Waals surface area contributed by atoms with Gasteiger partial charge in [0.25, 0.3) is 0 Å². The molecule has 0 aliphatic carbocycles. The van der Waals surface area contributed by atoms with Gasteiger partial charge in [0.05, 0.1) is 5.67 Å². The van der Waals surface area contributed by atoms with E-state index in [0.29, 0.717) is 0 Å². The fourth-order valence-electron chi connectivity index (χ4n) is 4.24. The van der Waals surface area contributed by atoms with Gasteiger partial charge in [0.2, 0.25) is 0 Å². The summed E-state index contributed by atoms with van der Waals surface area (Å²) >= 11 is 0. The van der Waals surface area contributed by atoms with Crippen LogP contribution in [0.15, 0.2) is 0 Å². The van der Waals surface area contributed by atoms with Gasteiger partial charge in [-0.25, -0.2) is 0 Å². The monoisotopic (exact) mass is 948 g/mol. The van der Waals surface area contributed by atoms with Crippen LogP contribution >= 0.6 is 0 Å². The first-order chi connectivity index (χ1) is 24.1. The Bertz CT molecular complexity index is 1140. The molecule has 3 aliphatic rings. The first-order valence-corrected chi connectivity index (χ1v) is 34.9. The zero-order valence-corrected chi connectivity index (χ0v) is 42.2. The summed E-state index contributed by atoms with van der Waals surface area (Å²) in [5.74, 6) is 0. The minimum Gasteiger partial charge on any atom is -0.396 e. The maximum atomic E-state index is 12.2. The third-order valence-electron chi connectivity index (χ3n) is 6.64. The first kappa shape index (κ1) is 47.8. The predicted molar refractivity (Wildman–Crippen MR) is 185 cm³/mol. The van der Waals surface area contributed by atoms with Crippen molar-refractivity contribution >= 4 is 99.0 Å². The molecule has 0 bridgehead atoms. The van der Waals surface area contributed by atoms with Crippen molar-refractivity contribution < 1.29 is 108 Å². The van der Waals surface area contributed by atoms with E-state index in [0.717, 1.165) is 0 Å². The lowest BCUT2D eigenvalue weighted by Gasteiger charge is -2.51. The van der Waals surface area contributed by atoms with Crippen molar-refractivity contribution in [2.75, 3.05) is 77.9 Å². The third-order valence-corrected chi connectivity index (χ3v) is 40.5. The van der Waals surface area contributed by atoms with E-state index < -0.39 is 111 Å². The van der Waals surface area contributed by atoms with Gasteiger partial charge in [0, 0.05) is 77.6 Å². The van der Waals surface area contributed by atoms with Crippen LogP contribution in [0.2, 0.25) is 31.9 Å². The smallest absolute Gasteiger partial charge is 0.396 e. The van der Waals surface area contributed by atoms with Crippen LogP contribution in [0, 0.1) is 0 Å². The van der Waals surface area contributed by atoms with E-state index in [2.05, 4.69) is 0 Å². The molecule has 2 N–H and O–H groups in total. The van der Waals surface area contributed by atoms with E-state index in [-0.39, 0.29) is 0 Å². The third kappa shape index (κ3) is 11.3. The van der Waals surface area contributed by atoms with Crippen LogP contribution < -0.4 is 0 Å². The van der Waals surface area contributed by atoms with E-state index in [1.165, 1.54) is 77.6 Å². The van der Waals surface area contributed by atoms with Gasteiger partial charge < -0.3 is 108 Å². The molecule has 0 aromatic heterocycles. The van der Waals surface area contributed by atoms with E-state index in [9.17, 15) is 9.59 Å². The Morgan fingerprint density at radius 1 is 0.615 bits per heavy atom. The van der Waals surface area contributed by atoms with E-state index >= 15 is 0 Å². The number of hydrogen-bond acceptors (Lipinski definition) is 25. The second-order valence-corrected chi connectivity index (χ2v) is 41.2. The standard InChI is InChI=1S/C16H48O25Si11/c1-19-44(14)34-45(17,16-46(20-2,35-44)29-15-30-47(18,21-3)22-4)36-50(28-10)31-42-32-51(40-50,33-43(11,12)13)41-52(37-48(23-5,24-6)25-7)38-49(26-8,27-9)39-52/h17-18H,15-16H2,1-14H3. The van der Waals surface area contributed by atoms with Gasteiger partial charge in [0.15, 0.2) is 8.32 Å². The van der Waals surface area contributed by atoms with Crippen LogP contribution in [0.4, 0.5) is 0 Å². The molecule has 306 valence electrons. The summed E-state index contributed by atoms with van der Waals surface area (Å²) in [7, 11) is -29.2. The molecule has 0 aromatic carbocycles. The molecule has 0 amide bonds. The van der Waals surface area contributed by atoms with Gasteiger partial charge in [-0.05, 0) is 19.6 Å². The summed E-state index contributed by atoms with van der Waals surface area (Å²) in [6.45, 7) is 6.29. The fourth-order valence-corrected chi connectivity index (χ4v) is 41.9. The molecular formula is C16H48O25Si11. The summed E-state index contributed by atoms with van der Waals surface area (Å²) in [6, 6.07) is 0. The molecule has 3 fully saturated rings. The van der Waals surface area contributed by atoms with Crippen molar-refractivity contribution in [3.8, 4) is 0 Å². The zero-order chi connectivity index (χ0) is 39.4. The Morgan fingerprint density at radius 2 is 1.15 bits per heavy atom. The van der Waals surface area contributed by atoms with Crippen LogP contribution in [0.25, 0.3) is 0 Å². The molecule has 3 saturated heterocycles. The van der Waals surface area contributed by atoms with Crippen molar-refractivity contribution in [1.29, 1.82) is 0 Å². The SMILES string of the molecule is CO[Si]1(C)O[Si](O)(O[Si]2(OC)O[Si]O[Si](O[Si](C)(C)C)(O[Si]3(O[Si](OC)(OC)OC)O[Si](OC)(OC)O3)O2)C[Si](OC)(OCO[Si](O)(OC)OC)O1. The highest BCUT2D eigenvalue weighted by Gasteiger charge is 2.82. The molecule has 25 nitrogen and oxygen atoms in total. The Morgan fingerprint density at radius 3 is 1.62 bits per heavy atom. The van der Waals surface area contributed by atoms with Crippen molar-refractivity contribution in [1.82, 2.24) is 0 Å². The molecule has 5 atom stereocenters. The molecule has 36 heteroatoms. The molecule has 3 heterocycles. The Balaban J connectivity index is 2.03. The minimum atomic E-state index is -4.67. The lowest BCUT2D eigenvalue weighted by atomic mass is 11.6. The van der Waals surface area contributed by atoms with Crippen LogP contribution in [0.3, 0.4) is 0 Å². The van der Waals surface area contributed by atoms with Crippen LogP contribution in [0.1, 0.15) is 0 Å². The predicted octanol–water partition coefficient (Wildman–Crippen LogP) is -2.38. The van der Waals surface area contributed by atoms with Crippen LogP contribution in [0.5, 0.6) is 0 Å². The summed E-state index contributed by atoms with van der Waals surface area (Å²) in [4.78, 5) is 22.5. The van der Waals surface area contributed by atoms with Gasteiger partial charge in [-0.2, -0.15) is 0 Å². The maximum Gasteiger partial charge on any atom is 0.678 e. The summed E-state index contributed by atoms with van der Waals surface area (Å²) in [5.41, 5.74) is -0.502. The Kier molecular flexibility index (Phi) is 16.6. The second-order valence-electron chi connectivity index (χ2n) is 11.2. The van der Waals surface area contributed by atoms with Crippen LogP contribution in [-0.4, -0.2) is 187 Å². The normalized spacial score (nSPS) is 33.9. The van der Waals surface area contributed by atoms with Gasteiger partial charge in [-0.1, -0.05) is 0 Å². The van der Waals surface area contributed by atoms with Gasteiger partial charge in [-0.15, -0.1) is 0 Å². The largest absolute Gasteiger partial charge is 0.678 e. The first-order valence-electron chi connectivity index (χ1n) is 14.8. The second kappa shape index (κ2) is 18.1. The molecule has 5 unspecified atom stereocenters. The molecule has 3 aliphatic heterocycles. The van der Waals surface area contributed by atoms with Crippen LogP contribution in [-0.2, 0) is 98.4 Å². The highest BCUT2D eigenvalue weighted by atomic mass is 28.6. The highest BCUT2D eigenvalue weighted by Crippen LogP contribution is 2.42. The van der Waals surface area contributed by atoms with Crippen molar-refractivity contribution in [3.63, 3.8) is 0 Å². The molecule has 0 spiro atoms. The zero-order valence-electron chi connectivity index (χ0n) is 31.2. The average molecular weight is 949 g/mol. The van der Waals surface area contributed by atoms with Gasteiger partial charge in [0.1, 0.15) is 6.79 Å².